The van der Waals surface area contributed by atoms with Gasteiger partial charge in [0.2, 0.25) is 5.91 Å². The summed E-state index contributed by atoms with van der Waals surface area (Å²) in [6.07, 6.45) is 1.17. The quantitative estimate of drug-likeness (QED) is 0.908. The van der Waals surface area contributed by atoms with Gasteiger partial charge in [0.1, 0.15) is 0 Å². The maximum atomic E-state index is 12.0. The minimum Gasteiger partial charge on any atom is -0.338 e. The fourth-order valence-electron chi connectivity index (χ4n) is 2.20. The van der Waals surface area contributed by atoms with Gasteiger partial charge in [-0.25, -0.2) is 0 Å². The number of carbonyl (C=O) groups is 1. The van der Waals surface area contributed by atoms with Crippen LogP contribution in [0.5, 0.6) is 0 Å². The minimum atomic E-state index is -0.111. The van der Waals surface area contributed by atoms with Crippen molar-refractivity contribution < 1.29 is 4.79 Å². The third-order valence-electron chi connectivity index (χ3n) is 3.10. The molecule has 0 aliphatic carbocycles. The van der Waals surface area contributed by atoms with Crippen LogP contribution in [0.2, 0.25) is 10.0 Å². The summed E-state index contributed by atoms with van der Waals surface area (Å²) < 4.78 is 0. The summed E-state index contributed by atoms with van der Waals surface area (Å²) in [6.45, 7) is 3.09. The van der Waals surface area contributed by atoms with E-state index in [9.17, 15) is 4.79 Å². The highest BCUT2D eigenvalue weighted by Gasteiger charge is 2.23. The van der Waals surface area contributed by atoms with Gasteiger partial charge in [0.15, 0.2) is 0 Å². The Morgan fingerprint density at radius 1 is 1.50 bits per heavy atom. The molecule has 18 heavy (non-hydrogen) atoms. The second-order valence-corrected chi connectivity index (χ2v) is 5.62. The molecule has 2 N–H and O–H groups in total. The molecule has 98 valence electrons. The topological polar surface area (TPSA) is 46.3 Å². The molecule has 1 atom stereocenters. The molecule has 1 aromatic rings. The summed E-state index contributed by atoms with van der Waals surface area (Å²) in [5.74, 6) is 0.0849. The van der Waals surface area contributed by atoms with Gasteiger partial charge in [0.05, 0.1) is 0 Å². The van der Waals surface area contributed by atoms with Gasteiger partial charge in [-0.3, -0.25) is 4.79 Å². The fraction of sp³-hybridized carbons (Fsp3) is 0.462. The van der Waals surface area contributed by atoms with Crippen molar-refractivity contribution in [2.24, 2.45) is 5.73 Å². The number of halogens is 2. The molecule has 0 aromatic heterocycles. The van der Waals surface area contributed by atoms with E-state index in [1.807, 2.05) is 17.9 Å². The first-order valence-corrected chi connectivity index (χ1v) is 6.73. The van der Waals surface area contributed by atoms with Crippen LogP contribution in [0.4, 0.5) is 0 Å². The molecule has 1 amide bonds. The molecule has 3 nitrogen and oxygen atoms in total. The highest BCUT2D eigenvalue weighted by atomic mass is 35.5. The van der Waals surface area contributed by atoms with Gasteiger partial charge in [-0.2, -0.15) is 0 Å². The predicted octanol–water partition coefficient (Wildman–Crippen LogP) is 2.62. The Hall–Kier alpha value is -0.770. The number of carbonyl (C=O) groups excluding carboxylic acids is 1. The summed E-state index contributed by atoms with van der Waals surface area (Å²) >= 11 is 12.1. The Balaban J connectivity index is 2.17. The monoisotopic (exact) mass is 286 g/mol. The van der Waals surface area contributed by atoms with Crippen LogP contribution in [0.25, 0.3) is 0 Å². The number of benzene rings is 1. The van der Waals surface area contributed by atoms with Crippen molar-refractivity contribution in [1.29, 1.82) is 0 Å². The van der Waals surface area contributed by atoms with Crippen LogP contribution in [-0.4, -0.2) is 23.4 Å². The molecule has 5 heteroatoms. The molecule has 0 fully saturated rings. The first kappa shape index (κ1) is 13.7. The summed E-state index contributed by atoms with van der Waals surface area (Å²) in [5, 5.41) is 1.28. The van der Waals surface area contributed by atoms with Crippen molar-refractivity contribution in [3.63, 3.8) is 0 Å². The number of nitrogens with zero attached hydrogens (tertiary/aromatic N) is 1. The molecule has 1 unspecified atom stereocenters. The number of nitrogens with two attached hydrogens (primary N) is 1. The van der Waals surface area contributed by atoms with E-state index < -0.39 is 0 Å². The van der Waals surface area contributed by atoms with Gasteiger partial charge in [0, 0.05) is 35.6 Å². The van der Waals surface area contributed by atoms with Crippen LogP contribution in [0, 0.1) is 0 Å². The Labute approximate surface area is 117 Å². The lowest BCUT2D eigenvalue weighted by Crippen LogP contribution is -2.38. The molecule has 0 saturated heterocycles. The number of rotatable bonds is 2. The van der Waals surface area contributed by atoms with Crippen molar-refractivity contribution >= 4 is 29.1 Å². The lowest BCUT2D eigenvalue weighted by molar-refractivity contribution is -0.132. The maximum Gasteiger partial charge on any atom is 0.224 e. The molecular weight excluding hydrogens is 271 g/mol. The Morgan fingerprint density at radius 2 is 2.22 bits per heavy atom. The molecule has 0 bridgehead atoms. The normalized spacial score (nSPS) is 16.3. The molecule has 1 aromatic carbocycles. The Kier molecular flexibility index (Phi) is 4.15. The first-order chi connectivity index (χ1) is 8.47. The van der Waals surface area contributed by atoms with E-state index in [4.69, 9.17) is 28.9 Å². The second kappa shape index (κ2) is 5.47. The fourth-order valence-corrected chi connectivity index (χ4v) is 2.79. The van der Waals surface area contributed by atoms with Crippen molar-refractivity contribution in [1.82, 2.24) is 4.90 Å². The predicted molar refractivity (Wildman–Crippen MR) is 73.8 cm³/mol. The van der Waals surface area contributed by atoms with E-state index in [-0.39, 0.29) is 11.9 Å². The molecule has 0 radical (unpaired) electrons. The molecular formula is C13H16Cl2N2O. The van der Waals surface area contributed by atoms with E-state index in [0.29, 0.717) is 29.6 Å². The standard InChI is InChI=1S/C13H16Cl2N2O/c1-8(16)4-13(18)17-3-2-9-5-10(14)6-12(15)11(9)7-17/h5-6,8H,2-4,7,16H2,1H3. The number of fused-ring (bicyclic) bond motifs is 1. The Morgan fingerprint density at radius 3 is 2.89 bits per heavy atom. The van der Waals surface area contributed by atoms with E-state index in [0.717, 1.165) is 17.5 Å². The smallest absolute Gasteiger partial charge is 0.224 e. The summed E-state index contributed by atoms with van der Waals surface area (Å²) in [5.41, 5.74) is 7.79. The van der Waals surface area contributed by atoms with E-state index >= 15 is 0 Å². The van der Waals surface area contributed by atoms with E-state index in [1.54, 1.807) is 6.07 Å². The zero-order valence-electron chi connectivity index (χ0n) is 10.2. The van der Waals surface area contributed by atoms with Crippen molar-refractivity contribution in [2.45, 2.75) is 32.4 Å². The molecule has 0 saturated carbocycles. The van der Waals surface area contributed by atoms with Crippen LogP contribution < -0.4 is 5.73 Å². The molecule has 0 spiro atoms. The van der Waals surface area contributed by atoms with Crippen molar-refractivity contribution in [3.8, 4) is 0 Å². The average molecular weight is 287 g/mol. The highest BCUT2D eigenvalue weighted by molar-refractivity contribution is 6.35. The third-order valence-corrected chi connectivity index (χ3v) is 3.66. The van der Waals surface area contributed by atoms with Gasteiger partial charge in [-0.1, -0.05) is 23.2 Å². The van der Waals surface area contributed by atoms with Crippen molar-refractivity contribution in [3.05, 3.63) is 33.3 Å². The maximum absolute atomic E-state index is 12.0. The Bertz CT molecular complexity index is 474. The van der Waals surface area contributed by atoms with Crippen LogP contribution >= 0.6 is 23.2 Å². The number of amides is 1. The number of hydrogen-bond donors (Lipinski definition) is 1. The van der Waals surface area contributed by atoms with Gasteiger partial charge in [0.25, 0.3) is 0 Å². The summed E-state index contributed by atoms with van der Waals surface area (Å²) in [6, 6.07) is 3.54. The van der Waals surface area contributed by atoms with Gasteiger partial charge >= 0.3 is 0 Å². The third kappa shape index (κ3) is 2.97. The van der Waals surface area contributed by atoms with Crippen LogP contribution in [0.15, 0.2) is 12.1 Å². The molecule has 1 heterocycles. The van der Waals surface area contributed by atoms with Gasteiger partial charge < -0.3 is 10.6 Å². The van der Waals surface area contributed by atoms with Gasteiger partial charge in [-0.15, -0.1) is 0 Å². The highest BCUT2D eigenvalue weighted by Crippen LogP contribution is 2.30. The number of hydrogen-bond acceptors (Lipinski definition) is 2. The van der Waals surface area contributed by atoms with E-state index in [2.05, 4.69) is 0 Å². The SMILES string of the molecule is CC(N)CC(=O)N1CCc2cc(Cl)cc(Cl)c2C1. The first-order valence-electron chi connectivity index (χ1n) is 5.97. The molecule has 1 aliphatic heterocycles. The lowest BCUT2D eigenvalue weighted by atomic mass is 9.99. The van der Waals surface area contributed by atoms with Crippen LogP contribution in [0.1, 0.15) is 24.5 Å². The van der Waals surface area contributed by atoms with Crippen molar-refractivity contribution in [2.75, 3.05) is 6.54 Å². The van der Waals surface area contributed by atoms with E-state index in [1.165, 1.54) is 0 Å². The van der Waals surface area contributed by atoms with Gasteiger partial charge in [-0.05, 0) is 36.6 Å². The molecule has 1 aliphatic rings. The summed E-state index contributed by atoms with van der Waals surface area (Å²) in [4.78, 5) is 13.8. The molecule has 2 rings (SSSR count). The summed E-state index contributed by atoms with van der Waals surface area (Å²) in [7, 11) is 0. The van der Waals surface area contributed by atoms with Crippen LogP contribution in [-0.2, 0) is 17.8 Å². The zero-order valence-corrected chi connectivity index (χ0v) is 11.8. The minimum absolute atomic E-state index is 0.0849. The largest absolute Gasteiger partial charge is 0.338 e. The second-order valence-electron chi connectivity index (χ2n) is 4.77. The lowest BCUT2D eigenvalue weighted by Gasteiger charge is -2.30. The zero-order chi connectivity index (χ0) is 13.3. The average Bonchev–Trinajstić information content (AvgIpc) is 2.27. The van der Waals surface area contributed by atoms with Crippen LogP contribution in [0.3, 0.4) is 0 Å².